The molecule has 0 amide bonds. The molecule has 0 unspecified atom stereocenters. The van der Waals surface area contributed by atoms with Gasteiger partial charge in [0.2, 0.25) is 0 Å². The number of rotatable bonds is 8. The van der Waals surface area contributed by atoms with Crippen molar-refractivity contribution in [2.45, 2.75) is 46.0 Å². The predicted molar refractivity (Wildman–Crippen MR) is 95.5 cm³/mol. The third-order valence-corrected chi connectivity index (χ3v) is 5.59. The van der Waals surface area contributed by atoms with Crippen molar-refractivity contribution in [2.24, 2.45) is 0 Å². The highest BCUT2D eigenvalue weighted by molar-refractivity contribution is 9.10. The molecule has 1 aromatic rings. The molecule has 0 N–H and O–H groups in total. The van der Waals surface area contributed by atoms with Crippen LogP contribution in [0.3, 0.4) is 0 Å². The highest BCUT2D eigenvalue weighted by Gasteiger charge is 2.13. The molecule has 20 heavy (non-hydrogen) atoms. The number of anilines is 1. The van der Waals surface area contributed by atoms with E-state index in [2.05, 4.69) is 72.5 Å². The normalized spacial score (nSPS) is 11.7. The summed E-state index contributed by atoms with van der Waals surface area (Å²) >= 11 is 3.57. The van der Waals surface area contributed by atoms with Gasteiger partial charge in [0, 0.05) is 31.4 Å². The average Bonchev–Trinajstić information content (AvgIpc) is 2.37. The van der Waals surface area contributed by atoms with Gasteiger partial charge >= 0.3 is 0 Å². The summed E-state index contributed by atoms with van der Waals surface area (Å²) in [7, 11) is -0.996. The van der Waals surface area contributed by atoms with Gasteiger partial charge in [0.15, 0.2) is 0 Å². The van der Waals surface area contributed by atoms with Gasteiger partial charge in [-0.2, -0.15) is 0 Å². The Bertz CT molecular complexity index is 417. The van der Waals surface area contributed by atoms with Crippen LogP contribution in [-0.2, 0) is 11.2 Å². The highest BCUT2D eigenvalue weighted by Crippen LogP contribution is 2.25. The van der Waals surface area contributed by atoms with E-state index >= 15 is 0 Å². The maximum absolute atomic E-state index is 5.90. The van der Waals surface area contributed by atoms with E-state index in [1.165, 1.54) is 17.3 Å². The first-order chi connectivity index (χ1) is 9.37. The summed E-state index contributed by atoms with van der Waals surface area (Å²) in [6, 6.07) is 7.74. The molecule has 0 spiro atoms. The van der Waals surface area contributed by atoms with E-state index in [4.69, 9.17) is 4.74 Å². The molecular weight excluding hydrogens is 330 g/mol. The van der Waals surface area contributed by atoms with Crippen LogP contribution in [0.4, 0.5) is 5.69 Å². The lowest BCUT2D eigenvalue weighted by molar-refractivity contribution is 0.147. The Kier molecular flexibility index (Phi) is 7.27. The zero-order chi connectivity index (χ0) is 15.2. The molecule has 0 aliphatic rings. The number of nitrogens with zero attached hydrogens (tertiary/aromatic N) is 1. The van der Waals surface area contributed by atoms with Gasteiger partial charge in [0.05, 0.1) is 0 Å². The monoisotopic (exact) mass is 357 g/mol. The van der Waals surface area contributed by atoms with E-state index in [0.29, 0.717) is 6.73 Å². The van der Waals surface area contributed by atoms with Crippen LogP contribution >= 0.6 is 15.9 Å². The summed E-state index contributed by atoms with van der Waals surface area (Å²) in [5.74, 6) is 0. The molecule has 0 atom stereocenters. The largest absolute Gasteiger partial charge is 0.361 e. The van der Waals surface area contributed by atoms with Crippen LogP contribution in [0, 0.1) is 0 Å². The number of aryl methyl sites for hydroxylation is 1. The van der Waals surface area contributed by atoms with Crippen LogP contribution in [0.1, 0.15) is 19.4 Å². The number of benzene rings is 1. The molecule has 2 nitrogen and oxygen atoms in total. The van der Waals surface area contributed by atoms with Gasteiger partial charge in [-0.25, -0.2) is 0 Å². The molecule has 0 fully saturated rings. The van der Waals surface area contributed by atoms with Gasteiger partial charge < -0.3 is 9.64 Å². The van der Waals surface area contributed by atoms with Crippen LogP contribution in [-0.4, -0.2) is 28.0 Å². The lowest BCUT2D eigenvalue weighted by Crippen LogP contribution is -2.29. The first-order valence-electron chi connectivity index (χ1n) is 7.48. The van der Waals surface area contributed by atoms with Crippen LogP contribution in [0.25, 0.3) is 0 Å². The molecule has 4 heteroatoms. The van der Waals surface area contributed by atoms with Gasteiger partial charge in [-0.15, -0.1) is 0 Å². The molecule has 0 aliphatic heterocycles. The fraction of sp³-hybridized carbons (Fsp3) is 0.625. The highest BCUT2D eigenvalue weighted by atomic mass is 79.9. The van der Waals surface area contributed by atoms with Crippen molar-refractivity contribution in [1.82, 2.24) is 0 Å². The maximum atomic E-state index is 5.90. The van der Waals surface area contributed by atoms with Crippen molar-refractivity contribution in [3.63, 3.8) is 0 Å². The average molecular weight is 358 g/mol. The molecule has 1 aromatic carbocycles. The first kappa shape index (κ1) is 17.7. The lowest BCUT2D eigenvalue weighted by atomic mass is 10.1. The summed E-state index contributed by atoms with van der Waals surface area (Å²) in [6.45, 7) is 14.1. The predicted octanol–water partition coefficient (Wildman–Crippen LogP) is 5.15. The number of hydrogen-bond acceptors (Lipinski definition) is 2. The van der Waals surface area contributed by atoms with E-state index < -0.39 is 8.07 Å². The molecule has 1 rings (SSSR count). The van der Waals surface area contributed by atoms with Crippen LogP contribution in [0.15, 0.2) is 22.7 Å². The minimum atomic E-state index is -0.996. The van der Waals surface area contributed by atoms with Crippen LogP contribution in [0.5, 0.6) is 0 Å². The lowest BCUT2D eigenvalue weighted by Gasteiger charge is -2.26. The van der Waals surface area contributed by atoms with E-state index in [0.717, 1.165) is 24.0 Å². The van der Waals surface area contributed by atoms with Crippen LogP contribution in [0.2, 0.25) is 25.7 Å². The fourth-order valence-corrected chi connectivity index (χ4v) is 3.12. The van der Waals surface area contributed by atoms with E-state index in [1.54, 1.807) is 0 Å². The van der Waals surface area contributed by atoms with Crippen molar-refractivity contribution in [2.75, 3.05) is 24.8 Å². The SMILES string of the molecule is CCc1ccc(Br)cc1N(CC)COCC[Si](C)(C)C. The van der Waals surface area contributed by atoms with Crippen LogP contribution < -0.4 is 4.90 Å². The minimum absolute atomic E-state index is 0.685. The summed E-state index contributed by atoms with van der Waals surface area (Å²) in [5.41, 5.74) is 2.67. The molecule has 114 valence electrons. The molecular formula is C16H28BrNOSi. The van der Waals surface area contributed by atoms with Gasteiger partial charge in [0.25, 0.3) is 0 Å². The first-order valence-corrected chi connectivity index (χ1v) is 12.0. The molecule has 0 heterocycles. The number of hydrogen-bond donors (Lipinski definition) is 0. The number of halogens is 1. The Morgan fingerprint density at radius 3 is 2.45 bits per heavy atom. The summed E-state index contributed by atoms with van der Waals surface area (Å²) in [4.78, 5) is 2.31. The van der Waals surface area contributed by atoms with E-state index in [9.17, 15) is 0 Å². The molecule has 0 saturated heterocycles. The van der Waals surface area contributed by atoms with Gasteiger partial charge in [-0.05, 0) is 37.1 Å². The fourth-order valence-electron chi connectivity index (χ4n) is 2.01. The molecule has 0 aromatic heterocycles. The Balaban J connectivity index is 2.64. The Morgan fingerprint density at radius 1 is 1.20 bits per heavy atom. The molecule has 0 saturated carbocycles. The van der Waals surface area contributed by atoms with Crippen molar-refractivity contribution in [3.05, 3.63) is 28.2 Å². The third-order valence-electron chi connectivity index (χ3n) is 3.39. The zero-order valence-electron chi connectivity index (χ0n) is 13.5. The maximum Gasteiger partial charge on any atom is 0.118 e. The standard InChI is InChI=1S/C16H28BrNOSi/c1-6-14-8-9-15(17)12-16(14)18(7-2)13-19-10-11-20(3,4)5/h8-9,12H,6-7,10-11,13H2,1-5H3. The second-order valence-corrected chi connectivity index (χ2v) is 12.9. The summed E-state index contributed by atoms with van der Waals surface area (Å²) < 4.78 is 7.03. The molecule has 0 radical (unpaired) electrons. The number of ether oxygens (including phenoxy) is 1. The van der Waals surface area contributed by atoms with Crippen molar-refractivity contribution >= 4 is 29.7 Å². The van der Waals surface area contributed by atoms with Crippen molar-refractivity contribution in [1.29, 1.82) is 0 Å². The molecule has 0 aliphatic carbocycles. The van der Waals surface area contributed by atoms with Gasteiger partial charge in [0.1, 0.15) is 6.73 Å². The Hall–Kier alpha value is -0.323. The van der Waals surface area contributed by atoms with E-state index in [1.807, 2.05) is 0 Å². The van der Waals surface area contributed by atoms with Gasteiger partial charge in [-0.3, -0.25) is 0 Å². The second kappa shape index (κ2) is 8.20. The van der Waals surface area contributed by atoms with Crippen molar-refractivity contribution < 1.29 is 4.74 Å². The summed E-state index contributed by atoms with van der Waals surface area (Å²) in [5, 5.41) is 0. The summed E-state index contributed by atoms with van der Waals surface area (Å²) in [6.07, 6.45) is 1.05. The second-order valence-electron chi connectivity index (χ2n) is 6.33. The quantitative estimate of drug-likeness (QED) is 0.362. The third kappa shape index (κ3) is 5.98. The topological polar surface area (TPSA) is 12.5 Å². The minimum Gasteiger partial charge on any atom is -0.361 e. The van der Waals surface area contributed by atoms with Crippen molar-refractivity contribution in [3.8, 4) is 0 Å². The Labute approximate surface area is 133 Å². The smallest absolute Gasteiger partial charge is 0.118 e. The molecule has 0 bridgehead atoms. The van der Waals surface area contributed by atoms with Gasteiger partial charge in [-0.1, -0.05) is 48.6 Å². The Morgan fingerprint density at radius 2 is 1.90 bits per heavy atom. The zero-order valence-corrected chi connectivity index (χ0v) is 16.1. The van der Waals surface area contributed by atoms with E-state index in [-0.39, 0.29) is 0 Å².